The summed E-state index contributed by atoms with van der Waals surface area (Å²) in [7, 11) is 0. The fraction of sp³-hybridized carbons (Fsp3) is 0.875. The highest BCUT2D eigenvalue weighted by Crippen LogP contribution is 2.24. The third-order valence-electron chi connectivity index (χ3n) is 5.04. The molecule has 2 unspecified atom stereocenters. The van der Waals surface area contributed by atoms with E-state index in [9.17, 15) is 9.59 Å². The quantitative estimate of drug-likeness (QED) is 0.787. The van der Waals surface area contributed by atoms with E-state index in [2.05, 4.69) is 12.2 Å². The molecule has 5 nitrogen and oxygen atoms in total. The summed E-state index contributed by atoms with van der Waals surface area (Å²) in [6.45, 7) is 3.60. The number of hydrogen-bond donors (Lipinski definition) is 2. The number of carboxylic acids is 1. The zero-order valence-electron chi connectivity index (χ0n) is 13.0. The van der Waals surface area contributed by atoms with Crippen molar-refractivity contribution in [3.8, 4) is 0 Å². The zero-order valence-corrected chi connectivity index (χ0v) is 13.0. The number of piperidine rings is 1. The van der Waals surface area contributed by atoms with Gasteiger partial charge in [0.15, 0.2) is 0 Å². The Kier molecular flexibility index (Phi) is 5.88. The number of hydrogen-bond acceptors (Lipinski definition) is 2. The summed E-state index contributed by atoms with van der Waals surface area (Å²) in [4.78, 5) is 24.9. The molecule has 2 N–H and O–H groups in total. The van der Waals surface area contributed by atoms with Crippen molar-refractivity contribution in [2.24, 2.45) is 11.8 Å². The summed E-state index contributed by atoms with van der Waals surface area (Å²) in [5, 5.41) is 12.0. The number of carbonyl (C=O) groups excluding carboxylic acids is 1. The van der Waals surface area contributed by atoms with E-state index in [-0.39, 0.29) is 18.4 Å². The van der Waals surface area contributed by atoms with Crippen LogP contribution in [0.25, 0.3) is 0 Å². The molecular formula is C16H28N2O3. The van der Waals surface area contributed by atoms with Crippen LogP contribution in [-0.2, 0) is 4.79 Å². The van der Waals surface area contributed by atoms with Crippen molar-refractivity contribution in [3.05, 3.63) is 0 Å². The number of nitrogens with one attached hydrogen (secondary N) is 1. The molecule has 0 aromatic heterocycles. The number of carbonyl (C=O) groups is 2. The van der Waals surface area contributed by atoms with Crippen LogP contribution in [0.3, 0.4) is 0 Å². The topological polar surface area (TPSA) is 69.6 Å². The SMILES string of the molecule is CC1CCCCCC1NC(=O)N1CCC(CC(=O)O)CC1. The Labute approximate surface area is 127 Å². The second kappa shape index (κ2) is 7.66. The molecule has 0 aromatic carbocycles. The third kappa shape index (κ3) is 4.90. The first-order chi connectivity index (χ1) is 10.1. The van der Waals surface area contributed by atoms with Crippen LogP contribution in [0.2, 0.25) is 0 Å². The van der Waals surface area contributed by atoms with E-state index < -0.39 is 5.97 Å². The molecule has 1 aliphatic heterocycles. The molecule has 2 fully saturated rings. The molecule has 2 rings (SSSR count). The van der Waals surface area contributed by atoms with Gasteiger partial charge < -0.3 is 15.3 Å². The fourth-order valence-electron chi connectivity index (χ4n) is 3.54. The van der Waals surface area contributed by atoms with Crippen molar-refractivity contribution in [1.82, 2.24) is 10.2 Å². The van der Waals surface area contributed by atoms with Crippen LogP contribution in [0.1, 0.15) is 58.3 Å². The number of aliphatic carboxylic acids is 1. The van der Waals surface area contributed by atoms with Gasteiger partial charge in [-0.15, -0.1) is 0 Å². The van der Waals surface area contributed by atoms with Crippen molar-refractivity contribution in [2.45, 2.75) is 64.3 Å². The molecule has 21 heavy (non-hydrogen) atoms. The maximum atomic E-state index is 12.4. The number of rotatable bonds is 3. The van der Waals surface area contributed by atoms with Crippen LogP contribution < -0.4 is 5.32 Å². The van der Waals surface area contributed by atoms with Crippen LogP contribution in [0.15, 0.2) is 0 Å². The Hall–Kier alpha value is -1.26. The maximum Gasteiger partial charge on any atom is 0.317 e. The van der Waals surface area contributed by atoms with Crippen molar-refractivity contribution >= 4 is 12.0 Å². The summed E-state index contributed by atoms with van der Waals surface area (Å²) in [5.41, 5.74) is 0. The number of urea groups is 1. The van der Waals surface area contributed by atoms with Gasteiger partial charge in [-0.3, -0.25) is 4.79 Å². The highest BCUT2D eigenvalue weighted by Gasteiger charge is 2.27. The van der Waals surface area contributed by atoms with E-state index in [1.54, 1.807) is 0 Å². The van der Waals surface area contributed by atoms with Gasteiger partial charge in [-0.2, -0.15) is 0 Å². The standard InChI is InChI=1S/C16H28N2O3/c1-12-5-3-2-4-6-14(12)17-16(21)18-9-7-13(8-10-18)11-15(19)20/h12-14H,2-11H2,1H3,(H,17,21)(H,19,20). The highest BCUT2D eigenvalue weighted by molar-refractivity contribution is 5.74. The number of amides is 2. The van der Waals surface area contributed by atoms with Crippen LogP contribution >= 0.6 is 0 Å². The average Bonchev–Trinajstić information content (AvgIpc) is 2.64. The average molecular weight is 296 g/mol. The second-order valence-corrected chi connectivity index (χ2v) is 6.70. The third-order valence-corrected chi connectivity index (χ3v) is 5.04. The molecule has 5 heteroatoms. The lowest BCUT2D eigenvalue weighted by atomic mass is 9.93. The molecule has 120 valence electrons. The smallest absolute Gasteiger partial charge is 0.317 e. The Bertz CT molecular complexity index is 365. The minimum absolute atomic E-state index is 0.0440. The Morgan fingerprint density at radius 3 is 2.43 bits per heavy atom. The predicted molar refractivity (Wildman–Crippen MR) is 81.1 cm³/mol. The molecule has 2 amide bonds. The first kappa shape index (κ1) is 16.1. The van der Waals surface area contributed by atoms with Gasteiger partial charge in [-0.25, -0.2) is 4.79 Å². The molecule has 1 saturated carbocycles. The van der Waals surface area contributed by atoms with Gasteiger partial charge in [0.05, 0.1) is 0 Å². The molecule has 0 bridgehead atoms. The Morgan fingerprint density at radius 1 is 1.10 bits per heavy atom. The van der Waals surface area contributed by atoms with Crippen LogP contribution in [-0.4, -0.2) is 41.1 Å². The monoisotopic (exact) mass is 296 g/mol. The summed E-state index contributed by atoms with van der Waals surface area (Å²) in [6.07, 6.45) is 7.88. The summed E-state index contributed by atoms with van der Waals surface area (Å²) >= 11 is 0. The molecule has 2 atom stereocenters. The van der Waals surface area contributed by atoms with Gasteiger partial charge in [0, 0.05) is 25.6 Å². The van der Waals surface area contributed by atoms with Crippen LogP contribution in [0.4, 0.5) is 4.79 Å². The first-order valence-corrected chi connectivity index (χ1v) is 8.33. The summed E-state index contributed by atoms with van der Waals surface area (Å²) in [5.74, 6) is 0.0505. The second-order valence-electron chi connectivity index (χ2n) is 6.70. The number of likely N-dealkylation sites (tertiary alicyclic amines) is 1. The summed E-state index contributed by atoms with van der Waals surface area (Å²) in [6, 6.07) is 0.347. The fourth-order valence-corrected chi connectivity index (χ4v) is 3.54. The van der Waals surface area contributed by atoms with Crippen molar-refractivity contribution in [1.29, 1.82) is 0 Å². The van der Waals surface area contributed by atoms with E-state index in [4.69, 9.17) is 5.11 Å². The molecule has 1 aliphatic carbocycles. The van der Waals surface area contributed by atoms with E-state index in [1.165, 1.54) is 25.7 Å². The molecule has 1 heterocycles. The van der Waals surface area contributed by atoms with Crippen molar-refractivity contribution < 1.29 is 14.7 Å². The van der Waals surface area contributed by atoms with Gasteiger partial charge in [-0.1, -0.05) is 26.2 Å². The Morgan fingerprint density at radius 2 is 1.76 bits per heavy atom. The lowest BCUT2D eigenvalue weighted by Gasteiger charge is -2.33. The first-order valence-electron chi connectivity index (χ1n) is 8.33. The van der Waals surface area contributed by atoms with Crippen LogP contribution in [0, 0.1) is 11.8 Å². The normalized spacial score (nSPS) is 28.0. The van der Waals surface area contributed by atoms with Crippen molar-refractivity contribution in [3.63, 3.8) is 0 Å². The molecule has 0 aromatic rings. The van der Waals surface area contributed by atoms with Gasteiger partial charge in [0.25, 0.3) is 0 Å². The van der Waals surface area contributed by atoms with Gasteiger partial charge >= 0.3 is 12.0 Å². The van der Waals surface area contributed by atoms with Gasteiger partial charge in [0.2, 0.25) is 0 Å². The Balaban J connectivity index is 1.77. The molecule has 0 radical (unpaired) electrons. The van der Waals surface area contributed by atoms with Gasteiger partial charge in [0.1, 0.15) is 0 Å². The lowest BCUT2D eigenvalue weighted by molar-refractivity contribution is -0.138. The van der Waals surface area contributed by atoms with Gasteiger partial charge in [-0.05, 0) is 37.5 Å². The van der Waals surface area contributed by atoms with E-state index >= 15 is 0 Å². The van der Waals surface area contributed by atoms with Crippen molar-refractivity contribution in [2.75, 3.05) is 13.1 Å². The minimum Gasteiger partial charge on any atom is -0.481 e. The van der Waals surface area contributed by atoms with Crippen LogP contribution in [0.5, 0.6) is 0 Å². The molecule has 1 saturated heterocycles. The summed E-state index contributed by atoms with van der Waals surface area (Å²) < 4.78 is 0. The number of carboxylic acid groups (broad SMARTS) is 1. The van der Waals surface area contributed by atoms with E-state index in [1.807, 2.05) is 4.90 Å². The zero-order chi connectivity index (χ0) is 15.2. The van der Waals surface area contributed by atoms with E-state index in [0.29, 0.717) is 25.0 Å². The molecule has 0 spiro atoms. The molecular weight excluding hydrogens is 268 g/mol. The lowest BCUT2D eigenvalue weighted by Crippen LogP contribution is -2.49. The minimum atomic E-state index is -0.731. The largest absolute Gasteiger partial charge is 0.481 e. The predicted octanol–water partition coefficient (Wildman–Crippen LogP) is 2.85. The number of nitrogens with zero attached hydrogens (tertiary/aromatic N) is 1. The van der Waals surface area contributed by atoms with E-state index in [0.717, 1.165) is 19.3 Å². The highest BCUT2D eigenvalue weighted by atomic mass is 16.4. The maximum absolute atomic E-state index is 12.4. The molecule has 2 aliphatic rings.